The second kappa shape index (κ2) is 7.83. The summed E-state index contributed by atoms with van der Waals surface area (Å²) in [7, 11) is 0. The summed E-state index contributed by atoms with van der Waals surface area (Å²) < 4.78 is 10.8. The maximum atomic E-state index is 12.3. The molecule has 134 valence electrons. The van der Waals surface area contributed by atoms with Gasteiger partial charge in [0.25, 0.3) is 5.91 Å². The van der Waals surface area contributed by atoms with Gasteiger partial charge in [0.15, 0.2) is 0 Å². The van der Waals surface area contributed by atoms with E-state index in [1.165, 1.54) is 0 Å². The molecule has 0 spiro atoms. The molecule has 0 radical (unpaired) electrons. The van der Waals surface area contributed by atoms with Crippen LogP contribution in [0.5, 0.6) is 5.75 Å². The molecular formula is C18H22N2O5. The van der Waals surface area contributed by atoms with Crippen molar-refractivity contribution < 1.29 is 24.0 Å². The molecule has 0 bridgehead atoms. The van der Waals surface area contributed by atoms with Crippen LogP contribution in [0.2, 0.25) is 0 Å². The van der Waals surface area contributed by atoms with Gasteiger partial charge in [-0.25, -0.2) is 4.79 Å². The van der Waals surface area contributed by atoms with E-state index in [0.717, 1.165) is 11.3 Å². The fourth-order valence-corrected chi connectivity index (χ4v) is 2.33. The third kappa shape index (κ3) is 4.59. The van der Waals surface area contributed by atoms with Crippen molar-refractivity contribution in [3.05, 3.63) is 46.8 Å². The standard InChI is InChI=1S/C18H22N2O5/c1-10(2)16(18(22)23)19-17(21)13-6-5-7-14(8-13)24-9-15-11(3)20-25-12(15)4/h5-8,10,16H,9H2,1-4H3,(H,19,21)(H,22,23)/t16-/m1/s1. The van der Waals surface area contributed by atoms with Gasteiger partial charge >= 0.3 is 5.97 Å². The molecule has 0 saturated carbocycles. The number of carboxylic acid groups (broad SMARTS) is 1. The topological polar surface area (TPSA) is 102 Å². The van der Waals surface area contributed by atoms with Gasteiger partial charge in [0.1, 0.15) is 24.2 Å². The zero-order chi connectivity index (χ0) is 18.6. The quantitative estimate of drug-likeness (QED) is 0.799. The minimum absolute atomic E-state index is 0.222. The Morgan fingerprint density at radius 3 is 2.60 bits per heavy atom. The summed E-state index contributed by atoms with van der Waals surface area (Å²) in [5.41, 5.74) is 1.95. The minimum atomic E-state index is -1.06. The Morgan fingerprint density at radius 2 is 2.04 bits per heavy atom. The van der Waals surface area contributed by atoms with Gasteiger partial charge in [-0.1, -0.05) is 25.1 Å². The number of hydrogen-bond acceptors (Lipinski definition) is 5. The van der Waals surface area contributed by atoms with Crippen LogP contribution in [0.25, 0.3) is 0 Å². The Morgan fingerprint density at radius 1 is 1.32 bits per heavy atom. The molecule has 2 aromatic rings. The number of carbonyl (C=O) groups is 2. The lowest BCUT2D eigenvalue weighted by Crippen LogP contribution is -2.44. The maximum absolute atomic E-state index is 12.3. The minimum Gasteiger partial charge on any atom is -0.489 e. The van der Waals surface area contributed by atoms with E-state index in [2.05, 4.69) is 10.5 Å². The summed E-state index contributed by atoms with van der Waals surface area (Å²) in [5.74, 6) is -0.546. The van der Waals surface area contributed by atoms with Crippen LogP contribution < -0.4 is 10.1 Å². The molecular weight excluding hydrogens is 324 g/mol. The first-order valence-corrected chi connectivity index (χ1v) is 7.98. The monoisotopic (exact) mass is 346 g/mol. The number of aliphatic carboxylic acids is 1. The van der Waals surface area contributed by atoms with Crippen molar-refractivity contribution in [3.63, 3.8) is 0 Å². The van der Waals surface area contributed by atoms with Crippen LogP contribution in [0.4, 0.5) is 0 Å². The molecule has 2 N–H and O–H groups in total. The van der Waals surface area contributed by atoms with Crippen LogP contribution >= 0.6 is 0 Å². The molecule has 1 aromatic heterocycles. The number of ether oxygens (including phenoxy) is 1. The van der Waals surface area contributed by atoms with E-state index in [9.17, 15) is 14.7 Å². The number of benzene rings is 1. The van der Waals surface area contributed by atoms with Crippen LogP contribution in [0.3, 0.4) is 0 Å². The summed E-state index contributed by atoms with van der Waals surface area (Å²) in [4.78, 5) is 23.5. The van der Waals surface area contributed by atoms with Gasteiger partial charge in [0, 0.05) is 5.56 Å². The predicted octanol–water partition coefficient (Wildman–Crippen LogP) is 2.71. The van der Waals surface area contributed by atoms with Crippen LogP contribution in [0.1, 0.15) is 41.2 Å². The number of nitrogens with one attached hydrogen (secondary N) is 1. The summed E-state index contributed by atoms with van der Waals surface area (Å²) in [6.07, 6.45) is 0. The number of nitrogens with zero attached hydrogens (tertiary/aromatic N) is 1. The first-order chi connectivity index (χ1) is 11.8. The molecule has 1 heterocycles. The Balaban J connectivity index is 2.07. The number of rotatable bonds is 7. The highest BCUT2D eigenvalue weighted by Gasteiger charge is 2.24. The second-order valence-electron chi connectivity index (χ2n) is 6.15. The molecule has 0 aliphatic heterocycles. The molecule has 0 unspecified atom stereocenters. The van der Waals surface area contributed by atoms with E-state index in [1.54, 1.807) is 45.0 Å². The summed E-state index contributed by atoms with van der Waals surface area (Å²) in [5, 5.41) is 15.6. The lowest BCUT2D eigenvalue weighted by molar-refractivity contribution is -0.140. The first kappa shape index (κ1) is 18.5. The Labute approximate surface area is 146 Å². The summed E-state index contributed by atoms with van der Waals surface area (Å²) in [6, 6.07) is 5.65. The van der Waals surface area contributed by atoms with Gasteiger partial charge in [-0.2, -0.15) is 0 Å². The number of amides is 1. The van der Waals surface area contributed by atoms with Crippen LogP contribution in [0.15, 0.2) is 28.8 Å². The van der Waals surface area contributed by atoms with E-state index in [0.29, 0.717) is 17.1 Å². The third-order valence-corrected chi connectivity index (χ3v) is 3.88. The molecule has 0 fully saturated rings. The van der Waals surface area contributed by atoms with E-state index < -0.39 is 17.9 Å². The number of carboxylic acids is 1. The molecule has 1 aromatic carbocycles. The van der Waals surface area contributed by atoms with E-state index in [-0.39, 0.29) is 12.5 Å². The Hall–Kier alpha value is -2.83. The first-order valence-electron chi connectivity index (χ1n) is 7.98. The normalized spacial score (nSPS) is 12.0. The molecule has 1 atom stereocenters. The lowest BCUT2D eigenvalue weighted by Gasteiger charge is -2.18. The van der Waals surface area contributed by atoms with Crippen molar-refractivity contribution in [2.24, 2.45) is 5.92 Å². The van der Waals surface area contributed by atoms with E-state index >= 15 is 0 Å². The van der Waals surface area contributed by atoms with Crippen molar-refractivity contribution in [3.8, 4) is 5.75 Å². The number of hydrogen-bond donors (Lipinski definition) is 2. The van der Waals surface area contributed by atoms with Crippen LogP contribution in [0, 0.1) is 19.8 Å². The molecule has 0 saturated heterocycles. The number of aryl methyl sites for hydroxylation is 2. The largest absolute Gasteiger partial charge is 0.489 e. The molecule has 0 aliphatic rings. The van der Waals surface area contributed by atoms with Gasteiger partial charge in [-0.15, -0.1) is 0 Å². The Bertz CT molecular complexity index is 747. The van der Waals surface area contributed by atoms with Gasteiger partial charge in [0.2, 0.25) is 0 Å². The molecule has 1 amide bonds. The lowest BCUT2D eigenvalue weighted by atomic mass is 10.0. The van der Waals surface area contributed by atoms with Crippen molar-refractivity contribution in [1.82, 2.24) is 10.5 Å². The predicted molar refractivity (Wildman–Crippen MR) is 90.5 cm³/mol. The second-order valence-corrected chi connectivity index (χ2v) is 6.15. The van der Waals surface area contributed by atoms with E-state index in [1.807, 2.05) is 6.92 Å². The highest BCUT2D eigenvalue weighted by molar-refractivity contribution is 5.96. The number of aromatic nitrogens is 1. The highest BCUT2D eigenvalue weighted by Crippen LogP contribution is 2.18. The molecule has 7 heteroatoms. The van der Waals surface area contributed by atoms with Crippen LogP contribution in [-0.4, -0.2) is 28.2 Å². The number of carbonyl (C=O) groups excluding carboxylic acids is 1. The summed E-state index contributed by atoms with van der Waals surface area (Å²) >= 11 is 0. The fourth-order valence-electron chi connectivity index (χ4n) is 2.33. The van der Waals surface area contributed by atoms with Gasteiger partial charge in [0.05, 0.1) is 11.3 Å². The average Bonchev–Trinajstić information content (AvgIpc) is 2.88. The van der Waals surface area contributed by atoms with Gasteiger partial charge < -0.3 is 19.7 Å². The van der Waals surface area contributed by atoms with E-state index in [4.69, 9.17) is 9.26 Å². The smallest absolute Gasteiger partial charge is 0.326 e. The van der Waals surface area contributed by atoms with Crippen molar-refractivity contribution in [2.75, 3.05) is 0 Å². The van der Waals surface area contributed by atoms with Crippen molar-refractivity contribution >= 4 is 11.9 Å². The molecule has 2 rings (SSSR count). The maximum Gasteiger partial charge on any atom is 0.326 e. The molecule has 0 aliphatic carbocycles. The fraction of sp³-hybridized carbons (Fsp3) is 0.389. The van der Waals surface area contributed by atoms with Crippen molar-refractivity contribution in [1.29, 1.82) is 0 Å². The Kier molecular flexibility index (Phi) is 5.80. The van der Waals surface area contributed by atoms with Crippen LogP contribution in [-0.2, 0) is 11.4 Å². The van der Waals surface area contributed by atoms with Gasteiger partial charge in [-0.3, -0.25) is 4.79 Å². The highest BCUT2D eigenvalue weighted by atomic mass is 16.5. The average molecular weight is 346 g/mol. The zero-order valence-electron chi connectivity index (χ0n) is 14.7. The zero-order valence-corrected chi connectivity index (χ0v) is 14.7. The van der Waals surface area contributed by atoms with Gasteiger partial charge in [-0.05, 0) is 38.0 Å². The molecule has 25 heavy (non-hydrogen) atoms. The molecule has 7 nitrogen and oxygen atoms in total. The summed E-state index contributed by atoms with van der Waals surface area (Å²) in [6.45, 7) is 7.39. The van der Waals surface area contributed by atoms with Crippen molar-refractivity contribution in [2.45, 2.75) is 40.3 Å². The SMILES string of the molecule is Cc1noc(C)c1COc1cccc(C(=O)N[C@@H](C(=O)O)C(C)C)c1. The third-order valence-electron chi connectivity index (χ3n) is 3.88.